The maximum atomic E-state index is 12.2. The largest absolute Gasteiger partial charge is 0.409 e. The van der Waals surface area contributed by atoms with Crippen molar-refractivity contribution >= 4 is 21.6 Å². The van der Waals surface area contributed by atoms with Gasteiger partial charge in [0.25, 0.3) is 5.91 Å². The van der Waals surface area contributed by atoms with Gasteiger partial charge in [-0.2, -0.15) is 0 Å². The molecule has 0 aliphatic rings. The van der Waals surface area contributed by atoms with Crippen LogP contribution in [0, 0.1) is 0 Å². The number of carbonyl (C=O) groups excluding carboxylic acids is 1. The lowest BCUT2D eigenvalue weighted by atomic mass is 10.2. The third-order valence-electron chi connectivity index (χ3n) is 2.66. The van der Waals surface area contributed by atoms with E-state index in [-0.39, 0.29) is 28.7 Å². The number of benzene rings is 1. The van der Waals surface area contributed by atoms with Gasteiger partial charge in [-0.1, -0.05) is 11.2 Å². The minimum atomic E-state index is -3.38. The molecule has 1 aromatic rings. The predicted octanol–water partition coefficient (Wildman–Crippen LogP) is 0.299. The van der Waals surface area contributed by atoms with E-state index in [1.54, 1.807) is 6.92 Å². The molecule has 0 aliphatic heterocycles. The molecule has 0 saturated heterocycles. The second-order valence-electron chi connectivity index (χ2n) is 4.21. The molecule has 1 rings (SSSR count). The van der Waals surface area contributed by atoms with Gasteiger partial charge in [-0.15, -0.1) is 0 Å². The molecular formula is C12H17N3O4S. The Morgan fingerprint density at radius 3 is 2.60 bits per heavy atom. The molecule has 0 atom stereocenters. The predicted molar refractivity (Wildman–Crippen MR) is 74.5 cm³/mol. The Bertz CT molecular complexity index is 625. The topological polar surface area (TPSA) is 113 Å². The first kappa shape index (κ1) is 16.0. The van der Waals surface area contributed by atoms with Crippen molar-refractivity contribution in [2.45, 2.75) is 11.8 Å². The molecule has 110 valence electrons. The first-order valence-corrected chi connectivity index (χ1v) is 7.74. The smallest absolute Gasteiger partial charge is 0.254 e. The first-order chi connectivity index (χ1) is 9.29. The van der Waals surface area contributed by atoms with Crippen molar-refractivity contribution in [1.82, 2.24) is 4.90 Å². The van der Waals surface area contributed by atoms with Crippen LogP contribution in [-0.4, -0.2) is 49.6 Å². The van der Waals surface area contributed by atoms with E-state index in [4.69, 9.17) is 10.9 Å². The second-order valence-corrected chi connectivity index (χ2v) is 6.23. The van der Waals surface area contributed by atoms with Gasteiger partial charge in [0.2, 0.25) is 0 Å². The standard InChI is InChI=1S/C12H17N3O4S/c1-3-15(8-11(13)14-17)12(16)9-5-4-6-10(7-9)20(2,18)19/h4-7,17H,3,8H2,1-2H3,(H2,13,14). The van der Waals surface area contributed by atoms with Crippen LogP contribution in [0.3, 0.4) is 0 Å². The average Bonchev–Trinajstić information content (AvgIpc) is 2.42. The summed E-state index contributed by atoms with van der Waals surface area (Å²) in [6.07, 6.45) is 1.07. The fraction of sp³-hybridized carbons (Fsp3) is 0.333. The van der Waals surface area contributed by atoms with Crippen molar-refractivity contribution in [3.8, 4) is 0 Å². The number of nitrogens with two attached hydrogens (primary N) is 1. The number of sulfone groups is 1. The quantitative estimate of drug-likeness (QED) is 0.351. The molecule has 1 amide bonds. The maximum absolute atomic E-state index is 12.2. The van der Waals surface area contributed by atoms with E-state index >= 15 is 0 Å². The number of hydrogen-bond acceptors (Lipinski definition) is 5. The van der Waals surface area contributed by atoms with E-state index in [1.165, 1.54) is 29.2 Å². The summed E-state index contributed by atoms with van der Waals surface area (Å²) >= 11 is 0. The number of hydrogen-bond donors (Lipinski definition) is 2. The summed E-state index contributed by atoms with van der Waals surface area (Å²) in [4.78, 5) is 13.7. The van der Waals surface area contributed by atoms with Crippen LogP contribution >= 0.6 is 0 Å². The third kappa shape index (κ3) is 3.95. The second kappa shape index (κ2) is 6.38. The van der Waals surface area contributed by atoms with Crippen molar-refractivity contribution in [3.05, 3.63) is 29.8 Å². The van der Waals surface area contributed by atoms with Gasteiger partial charge in [-0.05, 0) is 25.1 Å². The van der Waals surface area contributed by atoms with Gasteiger partial charge in [-0.3, -0.25) is 4.79 Å². The Morgan fingerprint density at radius 2 is 2.10 bits per heavy atom. The normalized spacial score (nSPS) is 12.2. The summed E-state index contributed by atoms with van der Waals surface area (Å²) in [5.74, 6) is -0.482. The highest BCUT2D eigenvalue weighted by Gasteiger charge is 2.17. The zero-order valence-electron chi connectivity index (χ0n) is 11.3. The number of oxime groups is 1. The molecule has 0 radical (unpaired) electrons. The van der Waals surface area contributed by atoms with E-state index < -0.39 is 9.84 Å². The molecule has 8 heteroatoms. The minimum absolute atomic E-state index is 0.0328. The fourth-order valence-corrected chi connectivity index (χ4v) is 2.26. The van der Waals surface area contributed by atoms with Gasteiger partial charge < -0.3 is 15.8 Å². The molecule has 0 bridgehead atoms. The Labute approximate surface area is 117 Å². The summed E-state index contributed by atoms with van der Waals surface area (Å²) in [5.41, 5.74) is 5.61. The summed E-state index contributed by atoms with van der Waals surface area (Å²) < 4.78 is 22.9. The summed E-state index contributed by atoms with van der Waals surface area (Å²) in [5, 5.41) is 11.3. The Hall–Kier alpha value is -2.09. The molecule has 7 nitrogen and oxygen atoms in total. The highest BCUT2D eigenvalue weighted by atomic mass is 32.2. The highest BCUT2D eigenvalue weighted by molar-refractivity contribution is 7.90. The van der Waals surface area contributed by atoms with Crippen molar-refractivity contribution in [3.63, 3.8) is 0 Å². The lowest BCUT2D eigenvalue weighted by Crippen LogP contribution is -2.38. The van der Waals surface area contributed by atoms with Crippen LogP contribution < -0.4 is 5.73 Å². The first-order valence-electron chi connectivity index (χ1n) is 5.85. The number of amidine groups is 1. The molecule has 0 heterocycles. The number of likely N-dealkylation sites (N-methyl/N-ethyl adjacent to an activating group) is 1. The summed E-state index contributed by atoms with van der Waals surface area (Å²) in [7, 11) is -3.38. The van der Waals surface area contributed by atoms with Crippen LogP contribution in [-0.2, 0) is 9.84 Å². The van der Waals surface area contributed by atoms with Gasteiger partial charge >= 0.3 is 0 Å². The van der Waals surface area contributed by atoms with Gasteiger partial charge in [-0.25, -0.2) is 8.42 Å². The molecule has 0 spiro atoms. The van der Waals surface area contributed by atoms with Crippen LogP contribution in [0.2, 0.25) is 0 Å². The van der Waals surface area contributed by atoms with Crippen LogP contribution in [0.5, 0.6) is 0 Å². The minimum Gasteiger partial charge on any atom is -0.409 e. The SMILES string of the molecule is CCN(CC(N)=NO)C(=O)c1cccc(S(C)(=O)=O)c1. The number of amides is 1. The summed E-state index contributed by atoms with van der Waals surface area (Å²) in [6.45, 7) is 2.05. The van der Waals surface area contributed by atoms with E-state index in [2.05, 4.69) is 5.16 Å². The highest BCUT2D eigenvalue weighted by Crippen LogP contribution is 2.13. The fourth-order valence-electron chi connectivity index (χ4n) is 1.60. The van der Waals surface area contributed by atoms with Crippen LogP contribution in [0.15, 0.2) is 34.3 Å². The zero-order chi connectivity index (χ0) is 15.3. The number of rotatable bonds is 5. The number of carbonyl (C=O) groups is 1. The van der Waals surface area contributed by atoms with Crippen LogP contribution in [0.1, 0.15) is 17.3 Å². The van der Waals surface area contributed by atoms with E-state index in [0.29, 0.717) is 6.54 Å². The third-order valence-corrected chi connectivity index (χ3v) is 3.77. The Kier molecular flexibility index (Phi) is 5.09. The van der Waals surface area contributed by atoms with Crippen LogP contribution in [0.25, 0.3) is 0 Å². The van der Waals surface area contributed by atoms with E-state index in [0.717, 1.165) is 6.26 Å². The molecule has 0 fully saturated rings. The zero-order valence-corrected chi connectivity index (χ0v) is 12.1. The Balaban J connectivity index is 3.07. The van der Waals surface area contributed by atoms with Gasteiger partial charge in [0, 0.05) is 18.4 Å². The van der Waals surface area contributed by atoms with Crippen molar-refractivity contribution in [1.29, 1.82) is 0 Å². The molecule has 20 heavy (non-hydrogen) atoms. The van der Waals surface area contributed by atoms with Crippen molar-refractivity contribution in [2.75, 3.05) is 19.3 Å². The lowest BCUT2D eigenvalue weighted by Gasteiger charge is -2.20. The molecular weight excluding hydrogens is 282 g/mol. The van der Waals surface area contributed by atoms with Crippen LogP contribution in [0.4, 0.5) is 0 Å². The monoisotopic (exact) mass is 299 g/mol. The van der Waals surface area contributed by atoms with Gasteiger partial charge in [0.15, 0.2) is 15.7 Å². The molecule has 0 aromatic heterocycles. The number of nitrogens with zero attached hydrogens (tertiary/aromatic N) is 2. The van der Waals surface area contributed by atoms with Gasteiger partial charge in [0.05, 0.1) is 11.4 Å². The van der Waals surface area contributed by atoms with Crippen molar-refractivity contribution < 1.29 is 18.4 Å². The van der Waals surface area contributed by atoms with E-state index in [9.17, 15) is 13.2 Å². The molecule has 0 saturated carbocycles. The molecule has 1 aromatic carbocycles. The lowest BCUT2D eigenvalue weighted by molar-refractivity contribution is 0.0786. The van der Waals surface area contributed by atoms with E-state index in [1.807, 2.05) is 0 Å². The molecule has 3 N–H and O–H groups in total. The summed E-state index contributed by atoms with van der Waals surface area (Å²) in [6, 6.07) is 5.76. The van der Waals surface area contributed by atoms with Crippen molar-refractivity contribution in [2.24, 2.45) is 10.9 Å². The maximum Gasteiger partial charge on any atom is 0.254 e. The average molecular weight is 299 g/mol. The molecule has 0 unspecified atom stereocenters. The molecule has 0 aliphatic carbocycles. The Morgan fingerprint density at radius 1 is 1.45 bits per heavy atom. The van der Waals surface area contributed by atoms with Gasteiger partial charge in [0.1, 0.15) is 0 Å².